The van der Waals surface area contributed by atoms with Crippen LogP contribution in [0.15, 0.2) is 24.3 Å². The van der Waals surface area contributed by atoms with E-state index in [1.54, 1.807) is 0 Å². The molecule has 1 aromatic carbocycles. The third-order valence-electron chi connectivity index (χ3n) is 2.95. The smallest absolute Gasteiger partial charge is 0.134 e. The van der Waals surface area contributed by atoms with Crippen molar-refractivity contribution in [1.29, 1.82) is 0 Å². The second kappa shape index (κ2) is 5.65. The number of benzene rings is 1. The number of nitrogens with two attached hydrogens (primary N) is 1. The standard InChI is InChI=1S/C14H18ClN3/c1-10-3-4-11-8-12(9-18(2)6-5-16)14(15)17-13(11)7-10/h3-4,7-8H,5-6,9,16H2,1-2H3. The molecule has 0 aliphatic carbocycles. The van der Waals surface area contributed by atoms with Crippen LogP contribution < -0.4 is 5.73 Å². The van der Waals surface area contributed by atoms with E-state index in [0.29, 0.717) is 11.7 Å². The number of rotatable bonds is 4. The zero-order chi connectivity index (χ0) is 13.1. The molecule has 0 spiro atoms. The van der Waals surface area contributed by atoms with Crippen LogP contribution in [-0.2, 0) is 6.54 Å². The molecular weight excluding hydrogens is 246 g/mol. The normalized spacial score (nSPS) is 11.4. The van der Waals surface area contributed by atoms with Crippen LogP contribution >= 0.6 is 11.6 Å². The molecule has 3 nitrogen and oxygen atoms in total. The minimum absolute atomic E-state index is 0.581. The Morgan fingerprint density at radius 2 is 2.11 bits per heavy atom. The molecule has 96 valence electrons. The Labute approximate surface area is 113 Å². The molecule has 4 heteroatoms. The maximum atomic E-state index is 6.23. The summed E-state index contributed by atoms with van der Waals surface area (Å²) in [5.41, 5.74) is 8.73. The molecule has 0 atom stereocenters. The number of aromatic nitrogens is 1. The lowest BCUT2D eigenvalue weighted by Crippen LogP contribution is -2.25. The molecule has 0 saturated heterocycles. The summed E-state index contributed by atoms with van der Waals surface area (Å²) in [5.74, 6) is 0. The number of aryl methyl sites for hydroxylation is 1. The van der Waals surface area contributed by atoms with Crippen molar-refractivity contribution < 1.29 is 0 Å². The van der Waals surface area contributed by atoms with Crippen molar-refractivity contribution in [3.63, 3.8) is 0 Å². The second-order valence-electron chi connectivity index (χ2n) is 4.66. The third kappa shape index (κ3) is 2.99. The van der Waals surface area contributed by atoms with Gasteiger partial charge in [-0.1, -0.05) is 23.7 Å². The summed E-state index contributed by atoms with van der Waals surface area (Å²) >= 11 is 6.23. The quantitative estimate of drug-likeness (QED) is 0.863. The Bertz CT molecular complexity index is 554. The van der Waals surface area contributed by atoms with Gasteiger partial charge in [-0.15, -0.1) is 0 Å². The van der Waals surface area contributed by atoms with Crippen molar-refractivity contribution in [1.82, 2.24) is 9.88 Å². The summed E-state index contributed by atoms with van der Waals surface area (Å²) in [6.45, 7) is 4.32. The van der Waals surface area contributed by atoms with Gasteiger partial charge in [-0.25, -0.2) is 4.98 Å². The van der Waals surface area contributed by atoms with E-state index in [4.69, 9.17) is 17.3 Å². The second-order valence-corrected chi connectivity index (χ2v) is 5.02. The van der Waals surface area contributed by atoms with E-state index in [9.17, 15) is 0 Å². The van der Waals surface area contributed by atoms with E-state index in [1.165, 1.54) is 5.56 Å². The predicted octanol–water partition coefficient (Wildman–Crippen LogP) is 2.59. The SMILES string of the molecule is Cc1ccc2cc(CN(C)CCN)c(Cl)nc2c1. The van der Waals surface area contributed by atoms with Crippen molar-refractivity contribution in [3.05, 3.63) is 40.5 Å². The summed E-state index contributed by atoms with van der Waals surface area (Å²) in [6.07, 6.45) is 0. The van der Waals surface area contributed by atoms with E-state index >= 15 is 0 Å². The molecule has 0 amide bonds. The zero-order valence-corrected chi connectivity index (χ0v) is 11.5. The first-order valence-electron chi connectivity index (χ1n) is 6.04. The van der Waals surface area contributed by atoms with Crippen LogP contribution in [0.25, 0.3) is 10.9 Å². The van der Waals surface area contributed by atoms with Gasteiger partial charge in [-0.05, 0) is 31.7 Å². The summed E-state index contributed by atoms with van der Waals surface area (Å²) in [5, 5.41) is 1.71. The Morgan fingerprint density at radius 1 is 1.33 bits per heavy atom. The molecule has 18 heavy (non-hydrogen) atoms. The fourth-order valence-electron chi connectivity index (χ4n) is 2.00. The number of nitrogens with zero attached hydrogens (tertiary/aromatic N) is 2. The van der Waals surface area contributed by atoms with Gasteiger partial charge < -0.3 is 10.6 Å². The monoisotopic (exact) mass is 263 g/mol. The lowest BCUT2D eigenvalue weighted by molar-refractivity contribution is 0.336. The van der Waals surface area contributed by atoms with Crippen molar-refractivity contribution in [3.8, 4) is 0 Å². The average Bonchev–Trinajstić information content (AvgIpc) is 2.31. The van der Waals surface area contributed by atoms with Gasteiger partial charge in [0, 0.05) is 30.6 Å². The first-order valence-corrected chi connectivity index (χ1v) is 6.42. The van der Waals surface area contributed by atoms with Crippen LogP contribution in [0.4, 0.5) is 0 Å². The molecule has 0 unspecified atom stereocenters. The number of hydrogen-bond acceptors (Lipinski definition) is 3. The molecule has 2 rings (SSSR count). The van der Waals surface area contributed by atoms with E-state index in [-0.39, 0.29) is 0 Å². The van der Waals surface area contributed by atoms with Gasteiger partial charge in [-0.3, -0.25) is 0 Å². The topological polar surface area (TPSA) is 42.1 Å². The Morgan fingerprint density at radius 3 is 2.83 bits per heavy atom. The first-order chi connectivity index (χ1) is 8.60. The van der Waals surface area contributed by atoms with Gasteiger partial charge in [-0.2, -0.15) is 0 Å². The number of fused-ring (bicyclic) bond motifs is 1. The first kappa shape index (κ1) is 13.3. The van der Waals surface area contributed by atoms with E-state index in [1.807, 2.05) is 7.05 Å². The molecule has 0 bridgehead atoms. The highest BCUT2D eigenvalue weighted by Gasteiger charge is 2.07. The molecule has 2 aromatic rings. The van der Waals surface area contributed by atoms with Gasteiger partial charge in [0.15, 0.2) is 0 Å². The lowest BCUT2D eigenvalue weighted by atomic mass is 10.1. The van der Waals surface area contributed by atoms with E-state index < -0.39 is 0 Å². The molecule has 0 radical (unpaired) electrons. The Kier molecular flexibility index (Phi) is 4.17. The highest BCUT2D eigenvalue weighted by molar-refractivity contribution is 6.30. The number of pyridine rings is 1. The van der Waals surface area contributed by atoms with Gasteiger partial charge in [0.25, 0.3) is 0 Å². The number of halogens is 1. The Balaban J connectivity index is 2.34. The molecule has 0 aliphatic rings. The van der Waals surface area contributed by atoms with Crippen molar-refractivity contribution in [2.75, 3.05) is 20.1 Å². The molecular formula is C14H18ClN3. The van der Waals surface area contributed by atoms with Crippen molar-refractivity contribution in [2.24, 2.45) is 5.73 Å². The molecule has 2 N–H and O–H groups in total. The maximum absolute atomic E-state index is 6.23. The van der Waals surface area contributed by atoms with E-state index in [2.05, 4.69) is 41.1 Å². The summed E-state index contributed by atoms with van der Waals surface area (Å²) in [4.78, 5) is 6.60. The fraction of sp³-hybridized carbons (Fsp3) is 0.357. The number of hydrogen-bond donors (Lipinski definition) is 1. The van der Waals surface area contributed by atoms with Gasteiger partial charge >= 0.3 is 0 Å². The largest absolute Gasteiger partial charge is 0.329 e. The minimum Gasteiger partial charge on any atom is -0.329 e. The van der Waals surface area contributed by atoms with Crippen LogP contribution in [0.1, 0.15) is 11.1 Å². The summed E-state index contributed by atoms with van der Waals surface area (Å²) < 4.78 is 0. The number of likely N-dealkylation sites (N-methyl/N-ethyl adjacent to an activating group) is 1. The van der Waals surface area contributed by atoms with Gasteiger partial charge in [0.1, 0.15) is 5.15 Å². The van der Waals surface area contributed by atoms with Crippen LogP contribution in [0.5, 0.6) is 0 Å². The minimum atomic E-state index is 0.581. The molecule has 1 heterocycles. The summed E-state index contributed by atoms with van der Waals surface area (Å²) in [6, 6.07) is 8.33. The van der Waals surface area contributed by atoms with Crippen molar-refractivity contribution in [2.45, 2.75) is 13.5 Å². The summed E-state index contributed by atoms with van der Waals surface area (Å²) in [7, 11) is 2.03. The van der Waals surface area contributed by atoms with Crippen LogP contribution in [0.2, 0.25) is 5.15 Å². The third-order valence-corrected chi connectivity index (χ3v) is 3.28. The van der Waals surface area contributed by atoms with Gasteiger partial charge in [0.05, 0.1) is 5.52 Å². The van der Waals surface area contributed by atoms with Gasteiger partial charge in [0.2, 0.25) is 0 Å². The molecule has 0 aliphatic heterocycles. The zero-order valence-electron chi connectivity index (χ0n) is 10.8. The molecule has 0 fully saturated rings. The highest BCUT2D eigenvalue weighted by Crippen LogP contribution is 2.22. The molecule has 0 saturated carbocycles. The fourth-order valence-corrected chi connectivity index (χ4v) is 2.20. The van der Waals surface area contributed by atoms with Crippen molar-refractivity contribution >= 4 is 22.5 Å². The van der Waals surface area contributed by atoms with Crippen LogP contribution in [0, 0.1) is 6.92 Å². The maximum Gasteiger partial charge on any atom is 0.134 e. The molecule has 1 aromatic heterocycles. The average molecular weight is 264 g/mol. The Hall–Kier alpha value is -1.16. The van der Waals surface area contributed by atoms with Crippen LogP contribution in [-0.4, -0.2) is 30.0 Å². The lowest BCUT2D eigenvalue weighted by Gasteiger charge is -2.16. The van der Waals surface area contributed by atoms with Crippen LogP contribution in [0.3, 0.4) is 0 Å². The van der Waals surface area contributed by atoms with E-state index in [0.717, 1.165) is 29.6 Å². The highest BCUT2D eigenvalue weighted by atomic mass is 35.5. The predicted molar refractivity (Wildman–Crippen MR) is 76.9 cm³/mol.